The molecular formula is C31H28N4O3. The number of benzene rings is 3. The van der Waals surface area contributed by atoms with Crippen LogP contribution in [-0.2, 0) is 15.1 Å². The van der Waals surface area contributed by atoms with Gasteiger partial charge in [-0.25, -0.2) is 9.88 Å². The number of para-hydroxylation sites is 2. The van der Waals surface area contributed by atoms with Gasteiger partial charge in [-0.05, 0) is 55.2 Å². The van der Waals surface area contributed by atoms with E-state index in [1.54, 1.807) is 10.6 Å². The van der Waals surface area contributed by atoms with Gasteiger partial charge in [0.05, 0.1) is 34.1 Å². The van der Waals surface area contributed by atoms with E-state index in [-0.39, 0.29) is 29.3 Å². The van der Waals surface area contributed by atoms with Crippen molar-refractivity contribution in [3.05, 3.63) is 99.6 Å². The summed E-state index contributed by atoms with van der Waals surface area (Å²) in [4.78, 5) is 49.0. The Kier molecular flexibility index (Phi) is 4.68. The Morgan fingerprint density at radius 2 is 1.58 bits per heavy atom. The number of carbonyl (C=O) groups is 2. The molecule has 38 heavy (non-hydrogen) atoms. The van der Waals surface area contributed by atoms with Crippen molar-refractivity contribution in [3.63, 3.8) is 0 Å². The molecule has 0 unspecified atom stereocenters. The van der Waals surface area contributed by atoms with Crippen LogP contribution in [0.3, 0.4) is 0 Å². The molecule has 0 saturated carbocycles. The van der Waals surface area contributed by atoms with E-state index in [1.807, 2.05) is 74.5 Å². The van der Waals surface area contributed by atoms with Gasteiger partial charge < -0.3 is 0 Å². The second-order valence-corrected chi connectivity index (χ2v) is 11.1. The van der Waals surface area contributed by atoms with E-state index in [0.717, 1.165) is 16.7 Å². The van der Waals surface area contributed by atoms with Crippen LogP contribution in [0, 0.1) is 31.6 Å². The highest BCUT2D eigenvalue weighted by Gasteiger charge is 2.70. The van der Waals surface area contributed by atoms with E-state index in [0.29, 0.717) is 28.1 Å². The van der Waals surface area contributed by atoms with Gasteiger partial charge >= 0.3 is 0 Å². The highest BCUT2D eigenvalue weighted by Crippen LogP contribution is 2.56. The molecule has 4 aromatic rings. The molecule has 3 aromatic carbocycles. The van der Waals surface area contributed by atoms with Crippen molar-refractivity contribution in [3.8, 4) is 5.69 Å². The molecule has 190 valence electrons. The number of nitrogens with zero attached hydrogens (tertiary/aromatic N) is 3. The van der Waals surface area contributed by atoms with E-state index in [9.17, 15) is 14.4 Å². The van der Waals surface area contributed by atoms with Crippen LogP contribution in [0.2, 0.25) is 0 Å². The first-order chi connectivity index (χ1) is 18.3. The summed E-state index contributed by atoms with van der Waals surface area (Å²) in [5, 5.41) is 4.26. The van der Waals surface area contributed by atoms with Crippen LogP contribution >= 0.6 is 0 Å². The maximum atomic E-state index is 14.5. The summed E-state index contributed by atoms with van der Waals surface area (Å²) in [7, 11) is 0. The predicted molar refractivity (Wildman–Crippen MR) is 145 cm³/mol. The fourth-order valence-electron chi connectivity index (χ4n) is 6.94. The summed E-state index contributed by atoms with van der Waals surface area (Å²) in [5.74, 6) is -1.25. The van der Waals surface area contributed by atoms with E-state index in [2.05, 4.69) is 19.2 Å². The lowest BCUT2D eigenvalue weighted by atomic mass is 9.75. The van der Waals surface area contributed by atoms with Crippen LogP contribution in [0.1, 0.15) is 36.4 Å². The maximum absolute atomic E-state index is 14.5. The molecule has 4 heterocycles. The largest absolute Gasteiger partial charge is 0.296 e. The minimum atomic E-state index is -1.11. The third-order valence-corrected chi connectivity index (χ3v) is 8.83. The number of anilines is 1. The molecule has 1 N–H and O–H groups in total. The number of hydrogen-bond donors (Lipinski definition) is 1. The Labute approximate surface area is 220 Å². The average molecular weight is 505 g/mol. The van der Waals surface area contributed by atoms with Gasteiger partial charge in [0.1, 0.15) is 11.4 Å². The number of imide groups is 1. The number of aromatic nitrogens is 2. The lowest BCUT2D eigenvalue weighted by molar-refractivity contribution is -0.123. The Balaban J connectivity index is 1.54. The molecule has 0 aliphatic carbocycles. The van der Waals surface area contributed by atoms with Gasteiger partial charge in [0, 0.05) is 11.6 Å². The number of hydrogen-bond acceptors (Lipinski definition) is 5. The lowest BCUT2D eigenvalue weighted by Crippen LogP contribution is -2.51. The quantitative estimate of drug-likeness (QED) is 0.418. The normalized spacial score (nSPS) is 25.5. The molecule has 7 heteroatoms. The average Bonchev–Trinajstić information content (AvgIpc) is 3.50. The first-order valence-corrected chi connectivity index (χ1v) is 13.1. The number of fused-ring (bicyclic) bond motifs is 8. The zero-order chi connectivity index (χ0) is 26.5. The van der Waals surface area contributed by atoms with Crippen LogP contribution < -0.4 is 15.8 Å². The van der Waals surface area contributed by atoms with E-state index in [4.69, 9.17) is 4.98 Å². The summed E-state index contributed by atoms with van der Waals surface area (Å²) in [6.07, 6.45) is 0. The first-order valence-electron chi connectivity index (χ1n) is 13.1. The van der Waals surface area contributed by atoms with Gasteiger partial charge in [-0.15, -0.1) is 0 Å². The summed E-state index contributed by atoms with van der Waals surface area (Å²) in [5.41, 5.74) is 3.35. The maximum Gasteiger partial charge on any atom is 0.266 e. The fraction of sp³-hybridized carbons (Fsp3) is 0.290. The molecule has 0 bridgehead atoms. The van der Waals surface area contributed by atoms with E-state index < -0.39 is 17.4 Å². The highest BCUT2D eigenvalue weighted by molar-refractivity contribution is 6.23. The van der Waals surface area contributed by atoms with Gasteiger partial charge in [-0.1, -0.05) is 56.3 Å². The van der Waals surface area contributed by atoms with Crippen molar-refractivity contribution < 1.29 is 9.59 Å². The van der Waals surface area contributed by atoms with Crippen molar-refractivity contribution in [1.82, 2.24) is 14.9 Å². The topological polar surface area (TPSA) is 84.3 Å². The van der Waals surface area contributed by atoms with E-state index >= 15 is 0 Å². The van der Waals surface area contributed by atoms with Crippen LogP contribution in [0.4, 0.5) is 5.69 Å². The van der Waals surface area contributed by atoms with Gasteiger partial charge in [0.15, 0.2) is 0 Å². The SMILES string of the molecule is Cc1cccc(N2C(=O)[C@H]3[C@H](C(C)C)N[C@]4(c5ccccc5-n5c4nc4ccccc4c5=O)[C@H]3C2=O)c1C. The second kappa shape index (κ2) is 7.71. The molecule has 2 fully saturated rings. The second-order valence-electron chi connectivity index (χ2n) is 11.1. The number of carbonyl (C=O) groups excluding carboxylic acids is 2. The lowest BCUT2D eigenvalue weighted by Gasteiger charge is -2.32. The number of nitrogens with one attached hydrogen (secondary N) is 1. The summed E-state index contributed by atoms with van der Waals surface area (Å²) < 4.78 is 1.64. The first kappa shape index (κ1) is 23.0. The number of amides is 2. The molecule has 7 nitrogen and oxygen atoms in total. The molecule has 4 atom stereocenters. The molecule has 2 saturated heterocycles. The van der Waals surface area contributed by atoms with E-state index in [1.165, 1.54) is 4.90 Å². The van der Waals surface area contributed by atoms with Crippen LogP contribution in [0.15, 0.2) is 71.5 Å². The van der Waals surface area contributed by atoms with Gasteiger partial charge in [0.25, 0.3) is 5.56 Å². The molecular weight excluding hydrogens is 476 g/mol. The molecule has 2 amide bonds. The number of rotatable bonds is 2. The summed E-state index contributed by atoms with van der Waals surface area (Å²) in [6, 6.07) is 20.4. The Morgan fingerprint density at radius 1 is 0.868 bits per heavy atom. The Bertz CT molecular complexity index is 1760. The monoisotopic (exact) mass is 504 g/mol. The van der Waals surface area contributed by atoms with Crippen molar-refractivity contribution >= 4 is 28.4 Å². The standard InChI is InChI=1S/C31H28N4O3/c1-16(2)26-24-25(29(38)34(28(24)37)22-15-9-10-17(3)18(22)4)31(33-26)20-12-6-8-14-23(20)35-27(36)19-11-5-7-13-21(19)32-30(31)35/h5-16,24-26,33H,1-4H3/t24-,25-,26+,31-/m1/s1. The zero-order valence-corrected chi connectivity index (χ0v) is 21.7. The highest BCUT2D eigenvalue weighted by atomic mass is 16.2. The van der Waals surface area contributed by atoms with Crippen molar-refractivity contribution in [2.45, 2.75) is 39.3 Å². The minimum Gasteiger partial charge on any atom is -0.296 e. The zero-order valence-electron chi connectivity index (χ0n) is 21.7. The third kappa shape index (κ3) is 2.67. The summed E-state index contributed by atoms with van der Waals surface area (Å²) >= 11 is 0. The summed E-state index contributed by atoms with van der Waals surface area (Å²) in [6.45, 7) is 8.05. The fourth-order valence-corrected chi connectivity index (χ4v) is 6.94. The molecule has 0 radical (unpaired) electrons. The van der Waals surface area contributed by atoms with Gasteiger partial charge in [-0.2, -0.15) is 0 Å². The molecule has 3 aliphatic heterocycles. The van der Waals surface area contributed by atoms with Gasteiger partial charge in [-0.3, -0.25) is 24.3 Å². The van der Waals surface area contributed by atoms with Crippen LogP contribution in [0.25, 0.3) is 16.6 Å². The van der Waals surface area contributed by atoms with Crippen molar-refractivity contribution in [2.75, 3.05) is 4.90 Å². The molecule has 7 rings (SSSR count). The third-order valence-electron chi connectivity index (χ3n) is 8.83. The minimum absolute atomic E-state index is 0.0607. The van der Waals surface area contributed by atoms with Crippen molar-refractivity contribution in [1.29, 1.82) is 0 Å². The van der Waals surface area contributed by atoms with Gasteiger partial charge in [0.2, 0.25) is 11.8 Å². The van der Waals surface area contributed by atoms with Crippen LogP contribution in [-0.4, -0.2) is 27.4 Å². The Morgan fingerprint density at radius 3 is 2.37 bits per heavy atom. The Hall–Kier alpha value is -4.10. The molecule has 1 aromatic heterocycles. The molecule has 1 spiro atoms. The van der Waals surface area contributed by atoms with Crippen molar-refractivity contribution in [2.24, 2.45) is 17.8 Å². The predicted octanol–water partition coefficient (Wildman–Crippen LogP) is 3.99. The number of aryl methyl sites for hydroxylation is 1. The van der Waals surface area contributed by atoms with Crippen LogP contribution in [0.5, 0.6) is 0 Å². The smallest absolute Gasteiger partial charge is 0.266 e. The molecule has 3 aliphatic rings.